The van der Waals surface area contributed by atoms with E-state index in [0.717, 1.165) is 12.6 Å². The van der Waals surface area contributed by atoms with Crippen LogP contribution in [0.4, 0.5) is 0 Å². The maximum Gasteiger partial charge on any atom is 0.0194 e. The zero-order chi connectivity index (χ0) is 12.7. The number of hydrogen-bond donors (Lipinski definition) is 1. The molecule has 0 aliphatic carbocycles. The molecule has 1 fully saturated rings. The highest BCUT2D eigenvalue weighted by Crippen LogP contribution is 2.10. The maximum atomic E-state index is 3.49. The van der Waals surface area contributed by atoms with Crippen molar-refractivity contribution in [2.75, 3.05) is 39.8 Å². The molecule has 3 heteroatoms. The van der Waals surface area contributed by atoms with Gasteiger partial charge in [-0.3, -0.25) is 4.90 Å². The second-order valence-electron chi connectivity index (χ2n) is 5.60. The Kier molecular flexibility index (Phi) is 7.09. The fourth-order valence-corrected chi connectivity index (χ4v) is 2.81. The highest BCUT2D eigenvalue weighted by molar-refractivity contribution is 4.75. The first-order valence-electron chi connectivity index (χ1n) is 7.29. The SMILES string of the molecule is CCNC(C)CCCN1CCCN(C)CC1C. The number of nitrogens with zero attached hydrogens (tertiary/aromatic N) is 2. The van der Waals surface area contributed by atoms with E-state index in [1.807, 2.05) is 0 Å². The molecular weight excluding hydrogens is 210 g/mol. The fourth-order valence-electron chi connectivity index (χ4n) is 2.81. The Labute approximate surface area is 108 Å². The Hall–Kier alpha value is -0.120. The van der Waals surface area contributed by atoms with E-state index in [1.54, 1.807) is 0 Å². The molecule has 0 aromatic rings. The zero-order valence-electron chi connectivity index (χ0n) is 12.2. The lowest BCUT2D eigenvalue weighted by atomic mass is 10.1. The van der Waals surface area contributed by atoms with E-state index < -0.39 is 0 Å². The molecule has 102 valence electrons. The summed E-state index contributed by atoms with van der Waals surface area (Å²) in [7, 11) is 2.24. The van der Waals surface area contributed by atoms with Crippen LogP contribution in [0.15, 0.2) is 0 Å². The summed E-state index contributed by atoms with van der Waals surface area (Å²) in [5.74, 6) is 0. The number of hydrogen-bond acceptors (Lipinski definition) is 3. The Morgan fingerprint density at radius 3 is 2.82 bits per heavy atom. The molecule has 2 atom stereocenters. The zero-order valence-corrected chi connectivity index (χ0v) is 12.2. The van der Waals surface area contributed by atoms with Gasteiger partial charge in [-0.2, -0.15) is 0 Å². The van der Waals surface area contributed by atoms with Crippen LogP contribution in [0.25, 0.3) is 0 Å². The molecule has 0 spiro atoms. The smallest absolute Gasteiger partial charge is 0.0194 e. The predicted molar refractivity (Wildman–Crippen MR) is 75.5 cm³/mol. The van der Waals surface area contributed by atoms with E-state index in [9.17, 15) is 0 Å². The van der Waals surface area contributed by atoms with Crippen molar-refractivity contribution in [1.82, 2.24) is 15.1 Å². The van der Waals surface area contributed by atoms with E-state index in [-0.39, 0.29) is 0 Å². The number of nitrogens with one attached hydrogen (secondary N) is 1. The van der Waals surface area contributed by atoms with Gasteiger partial charge < -0.3 is 10.2 Å². The van der Waals surface area contributed by atoms with Crippen LogP contribution in [-0.2, 0) is 0 Å². The average Bonchev–Trinajstić information content (AvgIpc) is 2.41. The third-order valence-electron chi connectivity index (χ3n) is 3.82. The quantitative estimate of drug-likeness (QED) is 0.765. The van der Waals surface area contributed by atoms with Gasteiger partial charge in [0.25, 0.3) is 0 Å². The highest BCUT2D eigenvalue weighted by atomic mass is 15.2. The van der Waals surface area contributed by atoms with Gasteiger partial charge in [0, 0.05) is 18.6 Å². The minimum absolute atomic E-state index is 0.671. The first-order chi connectivity index (χ1) is 8.13. The highest BCUT2D eigenvalue weighted by Gasteiger charge is 2.18. The van der Waals surface area contributed by atoms with Crippen LogP contribution >= 0.6 is 0 Å². The van der Waals surface area contributed by atoms with Crippen LogP contribution in [0.3, 0.4) is 0 Å². The monoisotopic (exact) mass is 241 g/mol. The largest absolute Gasteiger partial charge is 0.315 e. The van der Waals surface area contributed by atoms with Crippen molar-refractivity contribution >= 4 is 0 Å². The van der Waals surface area contributed by atoms with Crippen molar-refractivity contribution < 1.29 is 0 Å². The first-order valence-corrected chi connectivity index (χ1v) is 7.29. The van der Waals surface area contributed by atoms with Crippen LogP contribution in [0.5, 0.6) is 0 Å². The molecule has 1 aliphatic heterocycles. The van der Waals surface area contributed by atoms with Crippen molar-refractivity contribution in [2.45, 2.75) is 52.1 Å². The molecule has 1 saturated heterocycles. The number of likely N-dealkylation sites (N-methyl/N-ethyl adjacent to an activating group) is 1. The molecule has 1 rings (SSSR count). The van der Waals surface area contributed by atoms with Gasteiger partial charge in [-0.1, -0.05) is 6.92 Å². The van der Waals surface area contributed by atoms with Gasteiger partial charge in [0.15, 0.2) is 0 Å². The summed E-state index contributed by atoms with van der Waals surface area (Å²) >= 11 is 0. The average molecular weight is 241 g/mol. The number of rotatable bonds is 6. The van der Waals surface area contributed by atoms with Crippen molar-refractivity contribution in [3.63, 3.8) is 0 Å². The normalized spacial score (nSPS) is 25.8. The van der Waals surface area contributed by atoms with Crippen LogP contribution in [-0.4, -0.2) is 61.7 Å². The van der Waals surface area contributed by atoms with E-state index >= 15 is 0 Å². The fraction of sp³-hybridized carbons (Fsp3) is 1.00. The molecule has 3 nitrogen and oxygen atoms in total. The van der Waals surface area contributed by atoms with Crippen molar-refractivity contribution in [3.8, 4) is 0 Å². The van der Waals surface area contributed by atoms with Crippen LogP contribution < -0.4 is 5.32 Å². The summed E-state index contributed by atoms with van der Waals surface area (Å²) in [5, 5.41) is 3.49. The Morgan fingerprint density at radius 2 is 2.12 bits per heavy atom. The van der Waals surface area contributed by atoms with Crippen LogP contribution in [0.1, 0.15) is 40.0 Å². The van der Waals surface area contributed by atoms with E-state index in [4.69, 9.17) is 0 Å². The molecule has 0 aromatic heterocycles. The van der Waals surface area contributed by atoms with E-state index in [0.29, 0.717) is 6.04 Å². The van der Waals surface area contributed by atoms with Gasteiger partial charge in [-0.25, -0.2) is 0 Å². The lowest BCUT2D eigenvalue weighted by Crippen LogP contribution is -2.39. The molecular formula is C14H31N3. The van der Waals surface area contributed by atoms with Crippen molar-refractivity contribution in [3.05, 3.63) is 0 Å². The minimum Gasteiger partial charge on any atom is -0.315 e. The summed E-state index contributed by atoms with van der Waals surface area (Å²) in [6.07, 6.45) is 3.94. The van der Waals surface area contributed by atoms with Gasteiger partial charge in [0.1, 0.15) is 0 Å². The van der Waals surface area contributed by atoms with Gasteiger partial charge >= 0.3 is 0 Å². The second kappa shape index (κ2) is 8.06. The minimum atomic E-state index is 0.671. The molecule has 1 N–H and O–H groups in total. The Morgan fingerprint density at radius 1 is 1.35 bits per heavy atom. The van der Waals surface area contributed by atoms with Gasteiger partial charge in [-0.05, 0) is 66.3 Å². The molecule has 0 radical (unpaired) electrons. The molecule has 2 unspecified atom stereocenters. The molecule has 0 bridgehead atoms. The molecule has 1 heterocycles. The topological polar surface area (TPSA) is 18.5 Å². The Bertz CT molecular complexity index is 196. The van der Waals surface area contributed by atoms with E-state index in [2.05, 4.69) is 42.9 Å². The molecule has 1 aliphatic rings. The summed E-state index contributed by atoms with van der Waals surface area (Å²) in [6, 6.07) is 1.39. The van der Waals surface area contributed by atoms with Gasteiger partial charge in [0.05, 0.1) is 0 Å². The van der Waals surface area contributed by atoms with Crippen LogP contribution in [0.2, 0.25) is 0 Å². The third kappa shape index (κ3) is 5.84. The summed E-state index contributed by atoms with van der Waals surface area (Å²) in [5.41, 5.74) is 0. The van der Waals surface area contributed by atoms with Crippen molar-refractivity contribution in [1.29, 1.82) is 0 Å². The standard InChI is InChI=1S/C14H31N3/c1-5-15-13(2)8-6-10-17-11-7-9-16(4)12-14(17)3/h13-15H,5-12H2,1-4H3. The lowest BCUT2D eigenvalue weighted by molar-refractivity contribution is 0.197. The molecule has 0 amide bonds. The molecule has 0 aromatic carbocycles. The van der Waals surface area contributed by atoms with Gasteiger partial charge in [0.2, 0.25) is 0 Å². The summed E-state index contributed by atoms with van der Waals surface area (Å²) in [4.78, 5) is 5.13. The summed E-state index contributed by atoms with van der Waals surface area (Å²) in [6.45, 7) is 13.0. The van der Waals surface area contributed by atoms with E-state index in [1.165, 1.54) is 45.4 Å². The Balaban J connectivity index is 2.21. The summed E-state index contributed by atoms with van der Waals surface area (Å²) < 4.78 is 0. The first kappa shape index (κ1) is 14.9. The van der Waals surface area contributed by atoms with Crippen LogP contribution in [0, 0.1) is 0 Å². The molecule has 17 heavy (non-hydrogen) atoms. The van der Waals surface area contributed by atoms with Crippen molar-refractivity contribution in [2.24, 2.45) is 0 Å². The predicted octanol–water partition coefficient (Wildman–Crippen LogP) is 1.79. The second-order valence-corrected chi connectivity index (χ2v) is 5.60. The lowest BCUT2D eigenvalue weighted by Gasteiger charge is -2.28. The van der Waals surface area contributed by atoms with Gasteiger partial charge in [-0.15, -0.1) is 0 Å². The molecule has 0 saturated carbocycles. The third-order valence-corrected chi connectivity index (χ3v) is 3.82. The maximum absolute atomic E-state index is 3.49.